The van der Waals surface area contributed by atoms with E-state index < -0.39 is 27.7 Å². The molecule has 0 N–H and O–H groups in total. The van der Waals surface area contributed by atoms with Gasteiger partial charge in [0.15, 0.2) is 0 Å². The molecule has 0 aliphatic rings. The second kappa shape index (κ2) is 8.93. The van der Waals surface area contributed by atoms with Gasteiger partial charge in [0.2, 0.25) is 0 Å². The lowest BCUT2D eigenvalue weighted by Gasteiger charge is -2.32. The summed E-state index contributed by atoms with van der Waals surface area (Å²) < 4.78 is 66.9. The molecule has 8 heteroatoms. The van der Waals surface area contributed by atoms with Crippen LogP contribution in [0.25, 0.3) is 0 Å². The summed E-state index contributed by atoms with van der Waals surface area (Å²) in [5.74, 6) is -0.174. The highest BCUT2D eigenvalue weighted by atomic mass is 32.2. The van der Waals surface area contributed by atoms with Crippen LogP contribution >= 0.6 is 0 Å². The number of aryl methyl sites for hydroxylation is 1. The third kappa shape index (κ3) is 4.49. The zero-order valence-corrected chi connectivity index (χ0v) is 18.4. The van der Waals surface area contributed by atoms with E-state index in [4.69, 9.17) is 9.47 Å². The lowest BCUT2D eigenvalue weighted by molar-refractivity contribution is 0.396. The maximum Gasteiger partial charge on any atom is 0.264 e. The summed E-state index contributed by atoms with van der Waals surface area (Å²) >= 11 is 0. The highest BCUT2D eigenvalue weighted by molar-refractivity contribution is 7.92. The second-order valence-corrected chi connectivity index (χ2v) is 8.79. The van der Waals surface area contributed by atoms with Crippen molar-refractivity contribution in [1.29, 1.82) is 0 Å². The average Bonchev–Trinajstić information content (AvgIpc) is 2.76. The molecule has 3 aromatic carbocycles. The van der Waals surface area contributed by atoms with E-state index in [1.165, 1.54) is 50.6 Å². The van der Waals surface area contributed by atoms with Crippen LogP contribution < -0.4 is 13.8 Å². The minimum Gasteiger partial charge on any atom is -0.497 e. The number of nitrogens with zero attached hydrogens (tertiary/aromatic N) is 1. The third-order valence-electron chi connectivity index (χ3n) is 5.02. The molecule has 0 saturated heterocycles. The van der Waals surface area contributed by atoms with Gasteiger partial charge < -0.3 is 9.47 Å². The summed E-state index contributed by atoms with van der Waals surface area (Å²) in [6.45, 7) is 3.22. The van der Waals surface area contributed by atoms with Gasteiger partial charge >= 0.3 is 0 Å². The molecule has 3 rings (SSSR count). The van der Waals surface area contributed by atoms with Gasteiger partial charge in [0.05, 0.1) is 30.8 Å². The predicted octanol–water partition coefficient (Wildman–Crippen LogP) is 5.25. The first-order valence-electron chi connectivity index (χ1n) is 9.47. The van der Waals surface area contributed by atoms with Crippen LogP contribution in [0.3, 0.4) is 0 Å². The van der Waals surface area contributed by atoms with Crippen molar-refractivity contribution in [3.05, 3.63) is 83.4 Å². The first-order chi connectivity index (χ1) is 14.7. The lowest BCUT2D eigenvalue weighted by Crippen LogP contribution is -2.34. The van der Waals surface area contributed by atoms with E-state index in [1.54, 1.807) is 32.0 Å². The van der Waals surface area contributed by atoms with Gasteiger partial charge in [-0.1, -0.05) is 6.07 Å². The van der Waals surface area contributed by atoms with E-state index in [9.17, 15) is 17.2 Å². The van der Waals surface area contributed by atoms with E-state index >= 15 is 0 Å². The van der Waals surface area contributed by atoms with E-state index in [1.807, 2.05) is 0 Å². The molecule has 1 unspecified atom stereocenters. The Morgan fingerprint density at radius 3 is 2.16 bits per heavy atom. The fourth-order valence-corrected chi connectivity index (χ4v) is 4.95. The summed E-state index contributed by atoms with van der Waals surface area (Å²) in [4.78, 5) is -0.214. The van der Waals surface area contributed by atoms with Gasteiger partial charge in [0, 0.05) is 5.56 Å². The molecule has 0 amide bonds. The zero-order chi connectivity index (χ0) is 22.8. The molecule has 0 heterocycles. The van der Waals surface area contributed by atoms with Crippen molar-refractivity contribution in [2.75, 3.05) is 18.5 Å². The van der Waals surface area contributed by atoms with Crippen LogP contribution in [0.1, 0.15) is 24.1 Å². The number of ether oxygens (including phenoxy) is 2. The lowest BCUT2D eigenvalue weighted by atomic mass is 10.1. The van der Waals surface area contributed by atoms with Crippen LogP contribution in [0, 0.1) is 18.6 Å². The summed E-state index contributed by atoms with van der Waals surface area (Å²) in [5.41, 5.74) is 1.08. The quantitative estimate of drug-likeness (QED) is 0.497. The Kier molecular flexibility index (Phi) is 6.50. The standard InChI is InChI=1S/C23H23F2NO4S/c1-15-5-11-20(14-22(15)25)31(27,28)26(18-8-6-17(24)7-9-18)16(2)21-13-19(29-3)10-12-23(21)30-4/h5-14,16H,1-4H3. The molecule has 1 atom stereocenters. The molecule has 0 bridgehead atoms. The van der Waals surface area contributed by atoms with Crippen molar-refractivity contribution in [2.45, 2.75) is 24.8 Å². The number of methoxy groups -OCH3 is 2. The van der Waals surface area contributed by atoms with Crippen molar-refractivity contribution in [3.8, 4) is 11.5 Å². The third-order valence-corrected chi connectivity index (χ3v) is 6.91. The number of hydrogen-bond acceptors (Lipinski definition) is 4. The SMILES string of the molecule is COc1ccc(OC)c(C(C)N(c2ccc(F)cc2)S(=O)(=O)c2ccc(C)c(F)c2)c1. The summed E-state index contributed by atoms with van der Waals surface area (Å²) in [7, 11) is -1.25. The van der Waals surface area contributed by atoms with Gasteiger partial charge in [-0.05, 0) is 74.0 Å². The molecule has 0 aliphatic carbocycles. The average molecular weight is 448 g/mol. The van der Waals surface area contributed by atoms with Crippen LogP contribution in [0.4, 0.5) is 14.5 Å². The Labute approximate surface area is 180 Å². The Bertz CT molecular complexity index is 1180. The highest BCUT2D eigenvalue weighted by Gasteiger charge is 2.32. The highest BCUT2D eigenvalue weighted by Crippen LogP contribution is 2.38. The van der Waals surface area contributed by atoms with Crippen LogP contribution in [-0.4, -0.2) is 22.6 Å². The maximum absolute atomic E-state index is 14.2. The van der Waals surface area contributed by atoms with Gasteiger partial charge in [-0.15, -0.1) is 0 Å². The van der Waals surface area contributed by atoms with Crippen LogP contribution in [0.2, 0.25) is 0 Å². The number of anilines is 1. The Morgan fingerprint density at radius 1 is 0.903 bits per heavy atom. The minimum atomic E-state index is -4.22. The van der Waals surface area contributed by atoms with Crippen molar-refractivity contribution < 1.29 is 26.7 Å². The molecular weight excluding hydrogens is 424 g/mol. The van der Waals surface area contributed by atoms with E-state index in [0.29, 0.717) is 22.6 Å². The number of halogens is 2. The molecule has 164 valence electrons. The molecule has 3 aromatic rings. The number of benzene rings is 3. The van der Waals surface area contributed by atoms with Gasteiger partial charge in [0.25, 0.3) is 10.0 Å². The number of sulfonamides is 1. The van der Waals surface area contributed by atoms with E-state index in [2.05, 4.69) is 0 Å². The van der Waals surface area contributed by atoms with Crippen LogP contribution in [0.15, 0.2) is 65.6 Å². The topological polar surface area (TPSA) is 55.8 Å². The van der Waals surface area contributed by atoms with Gasteiger partial charge in [-0.3, -0.25) is 4.31 Å². The smallest absolute Gasteiger partial charge is 0.264 e. The molecule has 0 saturated carbocycles. The van der Waals surface area contributed by atoms with Crippen LogP contribution in [0.5, 0.6) is 11.5 Å². The molecule has 0 aromatic heterocycles. The van der Waals surface area contributed by atoms with Crippen LogP contribution in [-0.2, 0) is 10.0 Å². The largest absolute Gasteiger partial charge is 0.497 e. The van der Waals surface area contributed by atoms with Gasteiger partial charge in [-0.2, -0.15) is 0 Å². The molecule has 31 heavy (non-hydrogen) atoms. The van der Waals surface area contributed by atoms with E-state index in [0.717, 1.165) is 10.4 Å². The van der Waals surface area contributed by atoms with Crippen molar-refractivity contribution in [1.82, 2.24) is 0 Å². The molecule has 5 nitrogen and oxygen atoms in total. The minimum absolute atomic E-state index is 0.214. The van der Waals surface area contributed by atoms with Gasteiger partial charge in [-0.25, -0.2) is 17.2 Å². The fraction of sp³-hybridized carbons (Fsp3) is 0.217. The Hall–Kier alpha value is -3.13. The van der Waals surface area contributed by atoms with Gasteiger partial charge in [0.1, 0.15) is 23.1 Å². The van der Waals surface area contributed by atoms with Crippen molar-refractivity contribution in [3.63, 3.8) is 0 Å². The number of hydrogen-bond donors (Lipinski definition) is 0. The maximum atomic E-state index is 14.2. The zero-order valence-electron chi connectivity index (χ0n) is 17.6. The fourth-order valence-electron chi connectivity index (χ4n) is 3.30. The molecule has 0 aliphatic heterocycles. The first-order valence-corrected chi connectivity index (χ1v) is 10.9. The first kappa shape index (κ1) is 22.6. The Morgan fingerprint density at radius 2 is 1.58 bits per heavy atom. The normalized spacial score (nSPS) is 12.3. The monoisotopic (exact) mass is 447 g/mol. The Balaban J connectivity index is 2.22. The second-order valence-electron chi connectivity index (χ2n) is 6.97. The van der Waals surface area contributed by atoms with E-state index in [-0.39, 0.29) is 10.6 Å². The molecule has 0 radical (unpaired) electrons. The van der Waals surface area contributed by atoms with Crippen molar-refractivity contribution >= 4 is 15.7 Å². The summed E-state index contributed by atoms with van der Waals surface area (Å²) in [6.07, 6.45) is 0. The number of rotatable bonds is 7. The summed E-state index contributed by atoms with van der Waals surface area (Å²) in [6, 6.07) is 13.0. The molecular formula is C23H23F2NO4S. The molecule has 0 spiro atoms. The predicted molar refractivity (Wildman–Crippen MR) is 115 cm³/mol. The van der Waals surface area contributed by atoms with Crippen molar-refractivity contribution in [2.24, 2.45) is 0 Å². The molecule has 0 fully saturated rings. The summed E-state index contributed by atoms with van der Waals surface area (Å²) in [5, 5.41) is 0.